The molecule has 1 fully saturated rings. The first kappa shape index (κ1) is 26.4. The van der Waals surface area contributed by atoms with Crippen LogP contribution < -0.4 is 20.7 Å². The van der Waals surface area contributed by atoms with E-state index in [4.69, 9.17) is 4.74 Å². The molecule has 0 saturated carbocycles. The Morgan fingerprint density at radius 3 is 2.74 bits per heavy atom. The van der Waals surface area contributed by atoms with Crippen molar-refractivity contribution in [3.05, 3.63) is 100 Å². The Morgan fingerprint density at radius 2 is 1.87 bits per heavy atom. The number of carbonyl (C=O) groups excluding carboxylic acids is 1. The standard InChI is InChI=1S/C32H37N3O2S/c36-32(16-6-11-25-9-2-4-14-30(25)37-23-26-22-33-19-20-34-26)35-18-17-29(31-15-7-21-38-31)28-13-5-10-24-8-1-3-12-27(24)28/h1-5,7-10,12-15,21,26,29,33-34H,6,11,16-20,22-23H2,(H,35,36). The molecule has 0 aliphatic carbocycles. The molecule has 2 unspecified atom stereocenters. The molecule has 6 heteroatoms. The summed E-state index contributed by atoms with van der Waals surface area (Å²) in [4.78, 5) is 14.1. The minimum absolute atomic E-state index is 0.115. The van der Waals surface area contributed by atoms with Crippen LogP contribution in [0.2, 0.25) is 0 Å². The number of hydrogen-bond acceptors (Lipinski definition) is 5. The van der Waals surface area contributed by atoms with E-state index in [1.807, 2.05) is 18.2 Å². The van der Waals surface area contributed by atoms with Crippen LogP contribution >= 0.6 is 11.3 Å². The number of hydrogen-bond donors (Lipinski definition) is 3. The van der Waals surface area contributed by atoms with Gasteiger partial charge in [0.1, 0.15) is 12.4 Å². The van der Waals surface area contributed by atoms with Gasteiger partial charge >= 0.3 is 0 Å². The van der Waals surface area contributed by atoms with Crippen molar-refractivity contribution in [1.29, 1.82) is 0 Å². The number of carbonyl (C=O) groups is 1. The van der Waals surface area contributed by atoms with E-state index in [0.29, 0.717) is 25.6 Å². The van der Waals surface area contributed by atoms with Gasteiger partial charge in [0, 0.05) is 43.4 Å². The molecule has 3 N–H and O–H groups in total. The van der Waals surface area contributed by atoms with Gasteiger partial charge in [0.2, 0.25) is 5.91 Å². The predicted molar refractivity (Wildman–Crippen MR) is 157 cm³/mol. The summed E-state index contributed by atoms with van der Waals surface area (Å²) in [5.74, 6) is 1.30. The van der Waals surface area contributed by atoms with Crippen LogP contribution in [0.4, 0.5) is 0 Å². The second-order valence-corrected chi connectivity index (χ2v) is 10.9. The van der Waals surface area contributed by atoms with Gasteiger partial charge in [-0.25, -0.2) is 0 Å². The number of nitrogens with one attached hydrogen (secondary N) is 3. The third kappa shape index (κ3) is 7.01. The molecular formula is C32H37N3O2S. The van der Waals surface area contributed by atoms with Gasteiger partial charge in [0.05, 0.1) is 6.04 Å². The molecule has 198 valence electrons. The van der Waals surface area contributed by atoms with E-state index in [1.165, 1.54) is 21.2 Å². The van der Waals surface area contributed by atoms with Gasteiger partial charge in [0.15, 0.2) is 0 Å². The van der Waals surface area contributed by atoms with Crippen LogP contribution in [0.5, 0.6) is 5.75 Å². The van der Waals surface area contributed by atoms with Crippen LogP contribution in [-0.2, 0) is 11.2 Å². The highest BCUT2D eigenvalue weighted by atomic mass is 32.1. The zero-order valence-corrected chi connectivity index (χ0v) is 22.6. The molecule has 1 aromatic heterocycles. The highest BCUT2D eigenvalue weighted by Gasteiger charge is 2.18. The van der Waals surface area contributed by atoms with Crippen LogP contribution in [0.25, 0.3) is 10.8 Å². The summed E-state index contributed by atoms with van der Waals surface area (Å²) in [5, 5.41) is 14.7. The lowest BCUT2D eigenvalue weighted by Crippen LogP contribution is -2.51. The number of amides is 1. The Morgan fingerprint density at radius 1 is 1.00 bits per heavy atom. The average Bonchev–Trinajstić information content (AvgIpc) is 3.50. The monoisotopic (exact) mass is 527 g/mol. The Bertz CT molecular complexity index is 1300. The highest BCUT2D eigenvalue weighted by molar-refractivity contribution is 7.10. The van der Waals surface area contributed by atoms with Crippen LogP contribution in [0.3, 0.4) is 0 Å². The number of aryl methyl sites for hydroxylation is 1. The van der Waals surface area contributed by atoms with Gasteiger partial charge in [-0.1, -0.05) is 66.7 Å². The molecule has 2 heterocycles. The Balaban J connectivity index is 1.12. The average molecular weight is 528 g/mol. The topological polar surface area (TPSA) is 62.4 Å². The Labute approximate surface area is 229 Å². The van der Waals surface area contributed by atoms with Crippen molar-refractivity contribution in [2.75, 3.05) is 32.8 Å². The zero-order chi connectivity index (χ0) is 26.0. The molecule has 0 bridgehead atoms. The molecule has 1 aliphatic heterocycles. The number of rotatable bonds is 12. The molecule has 0 radical (unpaired) electrons. The van der Waals surface area contributed by atoms with Crippen LogP contribution in [0.1, 0.15) is 41.2 Å². The lowest BCUT2D eigenvalue weighted by atomic mass is 9.90. The number of ether oxygens (including phenoxy) is 1. The molecule has 5 nitrogen and oxygen atoms in total. The zero-order valence-electron chi connectivity index (χ0n) is 21.8. The van der Waals surface area contributed by atoms with E-state index < -0.39 is 0 Å². The summed E-state index contributed by atoms with van der Waals surface area (Å²) in [5.41, 5.74) is 2.49. The number of fused-ring (bicyclic) bond motifs is 1. The molecule has 0 spiro atoms. The number of thiophene rings is 1. The maximum Gasteiger partial charge on any atom is 0.220 e. The molecule has 1 aliphatic rings. The summed E-state index contributed by atoms with van der Waals surface area (Å²) in [7, 11) is 0. The van der Waals surface area contributed by atoms with Gasteiger partial charge in [-0.3, -0.25) is 4.79 Å². The fourth-order valence-corrected chi connectivity index (χ4v) is 6.13. The smallest absolute Gasteiger partial charge is 0.220 e. The lowest BCUT2D eigenvalue weighted by molar-refractivity contribution is -0.121. The van der Waals surface area contributed by atoms with Crippen molar-refractivity contribution in [1.82, 2.24) is 16.0 Å². The van der Waals surface area contributed by atoms with Gasteiger partial charge in [-0.2, -0.15) is 0 Å². The predicted octanol–water partition coefficient (Wildman–Crippen LogP) is 5.50. The summed E-state index contributed by atoms with van der Waals surface area (Å²) in [6.07, 6.45) is 3.02. The van der Waals surface area contributed by atoms with Crippen molar-refractivity contribution < 1.29 is 9.53 Å². The summed E-state index contributed by atoms with van der Waals surface area (Å²) in [6.45, 7) is 4.21. The third-order valence-corrected chi connectivity index (χ3v) is 8.21. The van der Waals surface area contributed by atoms with Crippen molar-refractivity contribution >= 4 is 28.0 Å². The first-order chi connectivity index (χ1) is 18.8. The fourth-order valence-electron chi connectivity index (χ4n) is 5.25. The Kier molecular flexibility index (Phi) is 9.43. The number of piperazine rings is 1. The lowest BCUT2D eigenvalue weighted by Gasteiger charge is -2.25. The molecule has 5 rings (SSSR count). The van der Waals surface area contributed by atoms with E-state index in [2.05, 4.69) is 82.0 Å². The summed E-state index contributed by atoms with van der Waals surface area (Å²) in [6, 6.07) is 27.9. The third-order valence-electron chi connectivity index (χ3n) is 7.23. The quantitative estimate of drug-likeness (QED) is 0.228. The Hall–Kier alpha value is -3.19. The van der Waals surface area contributed by atoms with Crippen molar-refractivity contribution in [2.24, 2.45) is 0 Å². The number of para-hydroxylation sites is 1. The maximum absolute atomic E-state index is 12.7. The first-order valence-electron chi connectivity index (χ1n) is 13.7. The van der Waals surface area contributed by atoms with Crippen molar-refractivity contribution in [3.8, 4) is 5.75 Å². The van der Waals surface area contributed by atoms with Crippen molar-refractivity contribution in [2.45, 2.75) is 37.6 Å². The molecule has 1 amide bonds. The molecule has 3 aromatic carbocycles. The first-order valence-corrected chi connectivity index (χ1v) is 14.6. The van der Waals surface area contributed by atoms with E-state index in [1.54, 1.807) is 11.3 Å². The van der Waals surface area contributed by atoms with Gasteiger partial charge in [-0.15, -0.1) is 11.3 Å². The summed E-state index contributed by atoms with van der Waals surface area (Å²) >= 11 is 1.79. The normalized spacial score (nSPS) is 16.3. The van der Waals surface area contributed by atoms with Gasteiger partial charge in [-0.05, 0) is 58.7 Å². The van der Waals surface area contributed by atoms with E-state index >= 15 is 0 Å². The molecule has 1 saturated heterocycles. The van der Waals surface area contributed by atoms with Crippen LogP contribution in [0.15, 0.2) is 84.2 Å². The van der Waals surface area contributed by atoms with Crippen LogP contribution in [0, 0.1) is 0 Å². The number of benzene rings is 3. The molecular weight excluding hydrogens is 490 g/mol. The fraction of sp³-hybridized carbons (Fsp3) is 0.344. The summed E-state index contributed by atoms with van der Waals surface area (Å²) < 4.78 is 6.13. The van der Waals surface area contributed by atoms with Crippen LogP contribution in [-0.4, -0.2) is 44.7 Å². The largest absolute Gasteiger partial charge is 0.492 e. The minimum atomic E-state index is 0.115. The van der Waals surface area contributed by atoms with E-state index in [9.17, 15) is 4.79 Å². The molecule has 38 heavy (non-hydrogen) atoms. The van der Waals surface area contributed by atoms with Gasteiger partial charge < -0.3 is 20.7 Å². The van der Waals surface area contributed by atoms with E-state index in [-0.39, 0.29) is 11.8 Å². The minimum Gasteiger partial charge on any atom is -0.492 e. The van der Waals surface area contributed by atoms with Crippen molar-refractivity contribution in [3.63, 3.8) is 0 Å². The molecule has 2 atom stereocenters. The highest BCUT2D eigenvalue weighted by Crippen LogP contribution is 2.35. The second kappa shape index (κ2) is 13.6. The van der Waals surface area contributed by atoms with E-state index in [0.717, 1.165) is 50.2 Å². The SMILES string of the molecule is O=C(CCCc1ccccc1OCC1CNCCN1)NCCC(c1cccs1)c1cccc2ccccc12. The maximum atomic E-state index is 12.7. The second-order valence-electron chi connectivity index (χ2n) is 9.90. The van der Waals surface area contributed by atoms with Gasteiger partial charge in [0.25, 0.3) is 0 Å². The molecule has 4 aromatic rings.